The summed E-state index contributed by atoms with van der Waals surface area (Å²) in [6.45, 7) is 2.26. The largest absolute Gasteiger partial charge is 0.481 e. The van der Waals surface area contributed by atoms with Gasteiger partial charge < -0.3 is 24.8 Å². The Hall–Kier alpha value is -4.06. The van der Waals surface area contributed by atoms with Crippen molar-refractivity contribution in [2.45, 2.75) is 58.3 Å². The average molecular weight is 656 g/mol. The SMILES string of the molecule is CCCOC(=O)CC1=CC(=O)NC1=O.O=C(O)C1CC2C=CC1C2.O=C(O)C1CC2C=CC1C2.O=C(OCCO)C1CC2C=CC1C2. The number of nitrogens with one attached hydrogen (secondary N) is 1. The number of imide groups is 1. The zero-order chi connectivity index (χ0) is 34.1. The van der Waals surface area contributed by atoms with Gasteiger partial charge in [0.25, 0.3) is 11.8 Å². The Morgan fingerprint density at radius 2 is 1.21 bits per heavy atom. The molecular weight excluding hydrogens is 610 g/mol. The maximum absolute atomic E-state index is 11.4. The van der Waals surface area contributed by atoms with Crippen LogP contribution in [0.3, 0.4) is 0 Å². The van der Waals surface area contributed by atoms with Gasteiger partial charge in [-0.1, -0.05) is 43.4 Å². The van der Waals surface area contributed by atoms with Crippen molar-refractivity contribution in [2.75, 3.05) is 19.8 Å². The van der Waals surface area contributed by atoms with Crippen LogP contribution in [0.25, 0.3) is 0 Å². The number of carboxylic acid groups (broad SMARTS) is 2. The van der Waals surface area contributed by atoms with E-state index in [0.29, 0.717) is 42.1 Å². The van der Waals surface area contributed by atoms with Crippen molar-refractivity contribution in [1.29, 1.82) is 0 Å². The standard InChI is InChI=1S/C10H14O3.C9H11NO4.2C8H10O2/c11-3-4-13-10(12)9-6-7-1-2-8(9)5-7;1-2-3-14-8(12)5-6-4-7(11)10-9(6)13;2*9-8(10)7-4-5-1-2-6(7)3-5/h1-2,7-9,11H,3-6H2;4H,2-3,5H2,1H3,(H,10,11,13);2*1-2,5-7H,3-4H2,(H,9,10). The number of hydrogen-bond acceptors (Lipinski definition) is 9. The van der Waals surface area contributed by atoms with E-state index in [2.05, 4.69) is 41.8 Å². The van der Waals surface area contributed by atoms with Crippen molar-refractivity contribution >= 4 is 35.7 Å². The molecule has 0 spiro atoms. The monoisotopic (exact) mass is 655 g/mol. The van der Waals surface area contributed by atoms with Gasteiger partial charge in [-0.2, -0.15) is 0 Å². The summed E-state index contributed by atoms with van der Waals surface area (Å²) in [4.78, 5) is 65.3. The fourth-order valence-corrected chi connectivity index (χ4v) is 7.44. The second kappa shape index (κ2) is 16.7. The van der Waals surface area contributed by atoms with Gasteiger partial charge >= 0.3 is 23.9 Å². The molecule has 47 heavy (non-hydrogen) atoms. The van der Waals surface area contributed by atoms with E-state index in [9.17, 15) is 28.8 Å². The lowest BCUT2D eigenvalue weighted by Gasteiger charge is -2.15. The van der Waals surface area contributed by atoms with Crippen molar-refractivity contribution in [1.82, 2.24) is 5.32 Å². The van der Waals surface area contributed by atoms with Crippen LogP contribution in [-0.4, -0.2) is 70.8 Å². The third kappa shape index (κ3) is 9.73. The molecule has 9 unspecified atom stereocenters. The lowest BCUT2D eigenvalue weighted by molar-refractivity contribution is -0.150. The molecule has 3 saturated carbocycles. The molecule has 12 nitrogen and oxygen atoms in total. The molecule has 7 aliphatic rings. The minimum atomic E-state index is -0.614. The second-order valence-electron chi connectivity index (χ2n) is 13.1. The fraction of sp³-hybridized carbons (Fsp3) is 0.600. The summed E-state index contributed by atoms with van der Waals surface area (Å²) < 4.78 is 9.67. The molecule has 6 bridgehead atoms. The van der Waals surface area contributed by atoms with E-state index in [-0.39, 0.29) is 48.9 Å². The maximum atomic E-state index is 11.4. The number of carbonyl (C=O) groups excluding carboxylic acids is 4. The lowest BCUT2D eigenvalue weighted by Crippen LogP contribution is -2.23. The van der Waals surface area contributed by atoms with Crippen molar-refractivity contribution < 1.29 is 53.6 Å². The molecule has 256 valence electrons. The molecule has 1 aliphatic heterocycles. The number of esters is 2. The van der Waals surface area contributed by atoms with Crippen molar-refractivity contribution in [3.8, 4) is 0 Å². The Morgan fingerprint density at radius 1 is 0.723 bits per heavy atom. The number of allylic oxidation sites excluding steroid dienone is 6. The Bertz CT molecular complexity index is 1290. The summed E-state index contributed by atoms with van der Waals surface area (Å²) in [5.74, 6) is -0.0825. The topological polar surface area (TPSA) is 194 Å². The van der Waals surface area contributed by atoms with Crippen LogP contribution in [0.5, 0.6) is 0 Å². The molecule has 0 saturated heterocycles. The maximum Gasteiger partial charge on any atom is 0.310 e. The van der Waals surface area contributed by atoms with Gasteiger partial charge in [-0.15, -0.1) is 0 Å². The third-order valence-corrected chi connectivity index (χ3v) is 9.75. The third-order valence-electron chi connectivity index (χ3n) is 9.75. The van der Waals surface area contributed by atoms with E-state index in [1.807, 2.05) is 6.92 Å². The van der Waals surface area contributed by atoms with Crippen molar-refractivity contribution in [3.05, 3.63) is 48.1 Å². The minimum absolute atomic E-state index is 0.0570. The first-order valence-corrected chi connectivity index (χ1v) is 16.5. The van der Waals surface area contributed by atoms with E-state index in [4.69, 9.17) is 24.8 Å². The van der Waals surface area contributed by atoms with E-state index < -0.39 is 29.7 Å². The molecule has 12 heteroatoms. The number of fused-ring (bicyclic) bond motifs is 6. The molecule has 4 N–H and O–H groups in total. The van der Waals surface area contributed by atoms with Gasteiger partial charge in [0.1, 0.15) is 6.61 Å². The number of hydrogen-bond donors (Lipinski definition) is 4. The Labute approximate surface area is 273 Å². The summed E-state index contributed by atoms with van der Waals surface area (Å²) in [6.07, 6.45) is 20.4. The van der Waals surface area contributed by atoms with Gasteiger partial charge in [-0.3, -0.25) is 34.1 Å². The Morgan fingerprint density at radius 3 is 1.53 bits per heavy atom. The number of carbonyl (C=O) groups is 6. The highest BCUT2D eigenvalue weighted by molar-refractivity contribution is 6.17. The normalized spacial score (nSPS) is 32.4. The number of rotatable bonds is 9. The zero-order valence-corrected chi connectivity index (χ0v) is 26.6. The average Bonchev–Trinajstić information content (AvgIpc) is 3.91. The van der Waals surface area contributed by atoms with Gasteiger partial charge in [0, 0.05) is 11.6 Å². The summed E-state index contributed by atoms with van der Waals surface area (Å²) in [7, 11) is 0. The molecule has 7 rings (SSSR count). The minimum Gasteiger partial charge on any atom is -0.481 e. The number of aliphatic hydroxyl groups is 1. The first-order chi connectivity index (χ1) is 22.5. The first-order valence-electron chi connectivity index (χ1n) is 16.5. The van der Waals surface area contributed by atoms with Gasteiger partial charge in [0.05, 0.1) is 37.4 Å². The van der Waals surface area contributed by atoms with Crippen LogP contribution in [0, 0.1) is 53.3 Å². The smallest absolute Gasteiger partial charge is 0.310 e. The number of carboxylic acids is 2. The van der Waals surface area contributed by atoms with E-state index in [1.165, 1.54) is 0 Å². The Kier molecular flexibility index (Phi) is 12.7. The summed E-state index contributed by atoms with van der Waals surface area (Å²) >= 11 is 0. The quantitative estimate of drug-likeness (QED) is 0.162. The number of aliphatic carboxylic acids is 2. The molecule has 0 aromatic carbocycles. The molecule has 3 fully saturated rings. The molecule has 6 aliphatic carbocycles. The van der Waals surface area contributed by atoms with Crippen LogP contribution < -0.4 is 5.32 Å². The first kappa shape index (κ1) is 35.8. The van der Waals surface area contributed by atoms with E-state index in [0.717, 1.165) is 51.0 Å². The molecule has 0 radical (unpaired) electrons. The predicted octanol–water partition coefficient (Wildman–Crippen LogP) is 3.21. The number of aliphatic hydroxyl groups excluding tert-OH is 1. The van der Waals surface area contributed by atoms with Crippen LogP contribution in [0.15, 0.2) is 48.1 Å². The summed E-state index contributed by atoms with van der Waals surface area (Å²) in [6, 6.07) is 0. The highest BCUT2D eigenvalue weighted by Crippen LogP contribution is 2.45. The summed E-state index contributed by atoms with van der Waals surface area (Å²) in [5, 5.41) is 28.0. The molecule has 0 aromatic heterocycles. The summed E-state index contributed by atoms with van der Waals surface area (Å²) in [5.41, 5.74) is 0.163. The lowest BCUT2D eigenvalue weighted by atomic mass is 9.94. The molecule has 1 heterocycles. The predicted molar refractivity (Wildman–Crippen MR) is 167 cm³/mol. The molecular formula is C35H45NO11. The van der Waals surface area contributed by atoms with Gasteiger partial charge in [0.2, 0.25) is 0 Å². The van der Waals surface area contributed by atoms with Crippen LogP contribution in [0.1, 0.15) is 58.3 Å². The second-order valence-corrected chi connectivity index (χ2v) is 13.1. The molecule has 2 amide bonds. The Balaban J connectivity index is 0.000000143. The van der Waals surface area contributed by atoms with Crippen LogP contribution in [-0.2, 0) is 38.2 Å². The molecule has 0 aromatic rings. The van der Waals surface area contributed by atoms with Gasteiger partial charge in [0.15, 0.2) is 0 Å². The van der Waals surface area contributed by atoms with Crippen LogP contribution >= 0.6 is 0 Å². The van der Waals surface area contributed by atoms with Crippen LogP contribution in [0.4, 0.5) is 0 Å². The van der Waals surface area contributed by atoms with E-state index in [1.54, 1.807) is 0 Å². The highest BCUT2D eigenvalue weighted by Gasteiger charge is 2.41. The van der Waals surface area contributed by atoms with Gasteiger partial charge in [-0.05, 0) is 80.5 Å². The van der Waals surface area contributed by atoms with Crippen LogP contribution in [0.2, 0.25) is 0 Å². The number of amides is 2. The molecule has 9 atom stereocenters. The van der Waals surface area contributed by atoms with E-state index >= 15 is 0 Å². The zero-order valence-electron chi connectivity index (χ0n) is 26.6. The van der Waals surface area contributed by atoms with Gasteiger partial charge in [-0.25, -0.2) is 0 Å². The highest BCUT2D eigenvalue weighted by atomic mass is 16.5. The van der Waals surface area contributed by atoms with Crippen molar-refractivity contribution in [3.63, 3.8) is 0 Å². The van der Waals surface area contributed by atoms with Crippen molar-refractivity contribution in [2.24, 2.45) is 53.3 Å². The number of ether oxygens (including phenoxy) is 2. The fourth-order valence-electron chi connectivity index (χ4n) is 7.44.